The van der Waals surface area contributed by atoms with Gasteiger partial charge >= 0.3 is 17.8 Å². The summed E-state index contributed by atoms with van der Waals surface area (Å²) >= 11 is 0. The molecule has 0 saturated carbocycles. The van der Waals surface area contributed by atoms with Crippen molar-refractivity contribution < 1.29 is 32.4 Å². The predicted octanol–water partition coefficient (Wildman–Crippen LogP) is 5.05. The topological polar surface area (TPSA) is 99.7 Å². The zero-order valence-electron chi connectivity index (χ0n) is 21.4. The molecule has 2 aliphatic rings. The molecule has 9 nitrogen and oxygen atoms in total. The second-order valence-electron chi connectivity index (χ2n) is 10.3. The number of aromatic nitrogens is 2. The van der Waals surface area contributed by atoms with E-state index in [9.17, 15) is 28.1 Å². The third-order valence-corrected chi connectivity index (χ3v) is 7.20. The maximum absolute atomic E-state index is 15.0. The monoisotopic (exact) mass is 544 g/mol. The normalized spacial score (nSPS) is 19.5. The molecule has 0 amide bonds. The van der Waals surface area contributed by atoms with Crippen LogP contribution in [0.15, 0.2) is 48.7 Å². The molecule has 0 aliphatic carbocycles. The second kappa shape index (κ2) is 9.90. The van der Waals surface area contributed by atoms with Gasteiger partial charge in [0.1, 0.15) is 24.4 Å². The number of rotatable bonds is 8. The van der Waals surface area contributed by atoms with E-state index in [1.54, 1.807) is 16.7 Å². The van der Waals surface area contributed by atoms with Crippen LogP contribution in [-0.4, -0.2) is 45.6 Å². The molecule has 1 atom stereocenters. The highest BCUT2D eigenvalue weighted by Crippen LogP contribution is 2.38. The molecule has 39 heavy (non-hydrogen) atoms. The first kappa shape index (κ1) is 26.5. The molecule has 3 heterocycles. The van der Waals surface area contributed by atoms with Crippen LogP contribution in [0.4, 0.5) is 24.7 Å². The number of ketones is 1. The van der Waals surface area contributed by atoms with E-state index in [4.69, 9.17) is 9.47 Å². The lowest BCUT2D eigenvalue weighted by molar-refractivity contribution is -0.389. The van der Waals surface area contributed by atoms with Crippen LogP contribution in [0.5, 0.6) is 11.8 Å². The molecule has 2 aliphatic heterocycles. The average molecular weight is 545 g/mol. The van der Waals surface area contributed by atoms with Crippen LogP contribution in [-0.2, 0) is 17.3 Å². The average Bonchev–Trinajstić information content (AvgIpc) is 3.43. The molecule has 0 bridgehead atoms. The van der Waals surface area contributed by atoms with Gasteiger partial charge in [0.15, 0.2) is 5.60 Å². The molecular weight excluding hydrogens is 517 g/mol. The van der Waals surface area contributed by atoms with E-state index < -0.39 is 39.5 Å². The molecule has 1 fully saturated rings. The SMILES string of the molecule is Cc1cc(F)ccc1C(F)(F)C(=O)C1CCN(c2ccc(OCC3(C)Cn4cc([N+](=O)[O-])nc4O3)cc2)CC1. The molecular formula is C27H27F3N4O5. The quantitative estimate of drug-likeness (QED) is 0.289. The molecule has 1 unspecified atom stereocenters. The predicted molar refractivity (Wildman–Crippen MR) is 135 cm³/mol. The van der Waals surface area contributed by atoms with Crippen molar-refractivity contribution in [2.24, 2.45) is 5.92 Å². The standard InChI is InChI=1S/C27H27F3N4O5/c1-17-13-19(28)3-8-22(17)27(29,30)24(35)18-9-11-32(12-10-18)20-4-6-21(7-5-20)38-16-26(2)15-33-14-23(34(36)37)31-25(33)39-26/h3-8,13-14,18H,9-12,15-16H2,1-2H3. The number of fused-ring (bicyclic) bond motifs is 1. The summed E-state index contributed by atoms with van der Waals surface area (Å²) in [6, 6.07) is 10.4. The number of nitro groups is 1. The van der Waals surface area contributed by atoms with Gasteiger partial charge in [0, 0.05) is 35.2 Å². The minimum absolute atomic E-state index is 0.0523. The molecule has 3 aromatic rings. The number of piperidine rings is 1. The summed E-state index contributed by atoms with van der Waals surface area (Å²) in [5.41, 5.74) is -0.254. The summed E-state index contributed by atoms with van der Waals surface area (Å²) in [7, 11) is 0. The Bertz CT molecular complexity index is 1380. The highest BCUT2D eigenvalue weighted by atomic mass is 19.3. The molecule has 1 aromatic heterocycles. The summed E-state index contributed by atoms with van der Waals surface area (Å²) in [6.07, 6.45) is 1.91. The van der Waals surface area contributed by atoms with Crippen molar-refractivity contribution in [2.75, 3.05) is 24.6 Å². The van der Waals surface area contributed by atoms with Crippen LogP contribution in [0.25, 0.3) is 0 Å². The zero-order valence-corrected chi connectivity index (χ0v) is 21.4. The van der Waals surface area contributed by atoms with Crippen LogP contribution >= 0.6 is 0 Å². The molecule has 5 rings (SSSR count). The molecule has 206 valence electrons. The molecule has 1 saturated heterocycles. The Morgan fingerprint density at radius 1 is 1.23 bits per heavy atom. The van der Waals surface area contributed by atoms with E-state index in [0.29, 0.717) is 25.4 Å². The number of anilines is 1. The van der Waals surface area contributed by atoms with E-state index in [0.717, 1.165) is 23.9 Å². The Morgan fingerprint density at radius 2 is 1.92 bits per heavy atom. The summed E-state index contributed by atoms with van der Waals surface area (Å²) in [5, 5.41) is 10.9. The number of hydrogen-bond acceptors (Lipinski definition) is 7. The van der Waals surface area contributed by atoms with E-state index in [-0.39, 0.29) is 36.8 Å². The van der Waals surface area contributed by atoms with Gasteiger partial charge < -0.3 is 24.5 Å². The first-order chi connectivity index (χ1) is 18.4. The summed E-state index contributed by atoms with van der Waals surface area (Å²) < 4.78 is 56.5. The molecule has 2 aromatic carbocycles. The minimum Gasteiger partial charge on any atom is -0.489 e. The lowest BCUT2D eigenvalue weighted by atomic mass is 9.86. The number of alkyl halides is 2. The third kappa shape index (κ3) is 5.27. The number of nitrogens with zero attached hydrogens (tertiary/aromatic N) is 4. The van der Waals surface area contributed by atoms with Gasteiger partial charge in [0.05, 0.1) is 6.54 Å². The van der Waals surface area contributed by atoms with Gasteiger partial charge in [-0.1, -0.05) is 0 Å². The number of ether oxygens (including phenoxy) is 2. The first-order valence-corrected chi connectivity index (χ1v) is 12.5. The first-order valence-electron chi connectivity index (χ1n) is 12.5. The number of aryl methyl sites for hydroxylation is 1. The maximum atomic E-state index is 15.0. The van der Waals surface area contributed by atoms with E-state index in [2.05, 4.69) is 4.98 Å². The van der Waals surface area contributed by atoms with Crippen molar-refractivity contribution in [1.29, 1.82) is 0 Å². The van der Waals surface area contributed by atoms with Crippen LogP contribution < -0.4 is 14.4 Å². The fourth-order valence-corrected chi connectivity index (χ4v) is 5.11. The van der Waals surface area contributed by atoms with Crippen molar-refractivity contribution in [3.05, 3.63) is 75.7 Å². The number of Topliss-reactive ketones (excluding diaryl/α,β-unsaturated/α-hetero) is 1. The Kier molecular flexibility index (Phi) is 6.73. The zero-order chi connectivity index (χ0) is 27.9. The van der Waals surface area contributed by atoms with Crippen molar-refractivity contribution in [1.82, 2.24) is 9.55 Å². The van der Waals surface area contributed by atoms with Gasteiger partial charge in [-0.3, -0.25) is 9.36 Å². The Hall–Kier alpha value is -4.09. The lowest BCUT2D eigenvalue weighted by Crippen LogP contribution is -2.41. The van der Waals surface area contributed by atoms with E-state index in [1.165, 1.54) is 13.1 Å². The van der Waals surface area contributed by atoms with Crippen LogP contribution in [0.1, 0.15) is 30.9 Å². The maximum Gasteiger partial charge on any atom is 0.415 e. The van der Waals surface area contributed by atoms with Crippen molar-refractivity contribution in [2.45, 2.75) is 44.8 Å². The number of benzene rings is 2. The fraction of sp³-hybridized carbons (Fsp3) is 0.407. The minimum atomic E-state index is -3.67. The van der Waals surface area contributed by atoms with E-state index in [1.807, 2.05) is 24.0 Å². The smallest absolute Gasteiger partial charge is 0.415 e. The molecule has 0 N–H and O–H groups in total. The van der Waals surface area contributed by atoms with Gasteiger partial charge in [0.2, 0.25) is 5.78 Å². The Balaban J connectivity index is 1.14. The largest absolute Gasteiger partial charge is 0.489 e. The van der Waals surface area contributed by atoms with Crippen molar-refractivity contribution >= 4 is 17.3 Å². The summed E-state index contributed by atoms with van der Waals surface area (Å²) in [4.78, 5) is 28.9. The third-order valence-electron chi connectivity index (χ3n) is 7.20. The highest BCUT2D eigenvalue weighted by Gasteiger charge is 2.46. The number of carbonyl (C=O) groups is 1. The Labute approximate surface area is 222 Å². The van der Waals surface area contributed by atoms with Crippen molar-refractivity contribution in [3.8, 4) is 11.8 Å². The highest BCUT2D eigenvalue weighted by molar-refractivity contribution is 5.89. The van der Waals surface area contributed by atoms with Gasteiger partial charge in [-0.15, -0.1) is 0 Å². The number of hydrogen-bond donors (Lipinski definition) is 0. The number of halogens is 3. The van der Waals surface area contributed by atoms with Crippen LogP contribution in [0, 0.1) is 28.8 Å². The lowest BCUT2D eigenvalue weighted by Gasteiger charge is -2.34. The van der Waals surface area contributed by atoms with Gasteiger partial charge in [-0.2, -0.15) is 8.78 Å². The summed E-state index contributed by atoms with van der Waals surface area (Å²) in [5.74, 6) is -5.87. The number of imidazole rings is 1. The van der Waals surface area contributed by atoms with E-state index >= 15 is 0 Å². The fourth-order valence-electron chi connectivity index (χ4n) is 5.11. The van der Waals surface area contributed by atoms with Crippen molar-refractivity contribution in [3.63, 3.8) is 0 Å². The molecule has 0 radical (unpaired) electrons. The molecule has 0 spiro atoms. The second-order valence-corrected chi connectivity index (χ2v) is 10.3. The van der Waals surface area contributed by atoms with Gasteiger partial charge in [-0.25, -0.2) is 4.39 Å². The number of carbonyl (C=O) groups excluding carboxylic acids is 1. The molecule has 12 heteroatoms. The van der Waals surface area contributed by atoms with Gasteiger partial charge in [0.25, 0.3) is 0 Å². The van der Waals surface area contributed by atoms with Crippen LogP contribution in [0.3, 0.4) is 0 Å². The van der Waals surface area contributed by atoms with Crippen LogP contribution in [0.2, 0.25) is 0 Å². The summed E-state index contributed by atoms with van der Waals surface area (Å²) in [6.45, 7) is 4.64. The van der Waals surface area contributed by atoms with Gasteiger partial charge in [-0.05, 0) is 79.6 Å². The Morgan fingerprint density at radius 3 is 2.54 bits per heavy atom.